The van der Waals surface area contributed by atoms with Crippen molar-refractivity contribution >= 4 is 17.5 Å². The Labute approximate surface area is 116 Å². The number of nitrogens with zero attached hydrogens (tertiary/aromatic N) is 3. The van der Waals surface area contributed by atoms with Gasteiger partial charge in [0.2, 0.25) is 11.2 Å². The first-order valence-electron chi connectivity index (χ1n) is 6.73. The Morgan fingerprint density at radius 1 is 1.47 bits per heavy atom. The van der Waals surface area contributed by atoms with Gasteiger partial charge in [-0.15, -0.1) is 5.10 Å². The van der Waals surface area contributed by atoms with E-state index in [4.69, 9.17) is 17.3 Å². The zero-order valence-electron chi connectivity index (χ0n) is 10.7. The summed E-state index contributed by atoms with van der Waals surface area (Å²) in [6, 6.07) is 0.149. The highest BCUT2D eigenvalue weighted by Gasteiger charge is 2.41. The van der Waals surface area contributed by atoms with E-state index in [9.17, 15) is 4.79 Å². The monoisotopic (exact) mass is 283 g/mol. The molecule has 0 bridgehead atoms. The molecule has 0 unspecified atom stereocenters. The summed E-state index contributed by atoms with van der Waals surface area (Å²) < 4.78 is 0. The molecular formula is C12H18ClN5O. The Hall–Kier alpha value is -1.14. The van der Waals surface area contributed by atoms with Crippen molar-refractivity contribution in [2.45, 2.75) is 31.7 Å². The molecule has 1 saturated carbocycles. The van der Waals surface area contributed by atoms with Crippen LogP contribution in [0.25, 0.3) is 0 Å². The molecule has 3 rings (SSSR count). The van der Waals surface area contributed by atoms with E-state index in [0.29, 0.717) is 31.1 Å². The van der Waals surface area contributed by atoms with Gasteiger partial charge in [-0.2, -0.15) is 0 Å². The lowest BCUT2D eigenvalue weighted by atomic mass is 9.99. The van der Waals surface area contributed by atoms with E-state index in [1.54, 1.807) is 0 Å². The van der Waals surface area contributed by atoms with Crippen molar-refractivity contribution in [3.8, 4) is 0 Å². The first kappa shape index (κ1) is 12.9. The molecule has 1 aliphatic carbocycles. The van der Waals surface area contributed by atoms with Gasteiger partial charge in [0.15, 0.2) is 0 Å². The predicted molar refractivity (Wildman–Crippen MR) is 70.5 cm³/mol. The number of aromatic amines is 1. The maximum atomic E-state index is 12.1. The van der Waals surface area contributed by atoms with E-state index in [2.05, 4.69) is 15.2 Å². The summed E-state index contributed by atoms with van der Waals surface area (Å²) in [6.45, 7) is 1.51. The summed E-state index contributed by atoms with van der Waals surface area (Å²) in [4.78, 5) is 18.0. The van der Waals surface area contributed by atoms with Crippen molar-refractivity contribution in [3.05, 3.63) is 11.1 Å². The minimum atomic E-state index is 0.145. The number of aryl methyl sites for hydroxylation is 1. The third-order valence-corrected chi connectivity index (χ3v) is 4.24. The molecule has 1 aromatic rings. The Morgan fingerprint density at radius 2 is 2.26 bits per heavy atom. The molecule has 2 heterocycles. The number of carbonyl (C=O) groups excluding carboxylic acids is 1. The summed E-state index contributed by atoms with van der Waals surface area (Å²) >= 11 is 5.62. The quantitative estimate of drug-likeness (QED) is 0.846. The van der Waals surface area contributed by atoms with Crippen LogP contribution in [0.1, 0.15) is 25.1 Å². The van der Waals surface area contributed by atoms with Crippen LogP contribution in [0.3, 0.4) is 0 Å². The number of hydrogen-bond donors (Lipinski definition) is 2. The van der Waals surface area contributed by atoms with Crippen molar-refractivity contribution in [2.24, 2.45) is 17.6 Å². The van der Waals surface area contributed by atoms with Crippen molar-refractivity contribution < 1.29 is 4.79 Å². The fourth-order valence-corrected chi connectivity index (χ4v) is 2.99. The van der Waals surface area contributed by atoms with E-state index in [0.717, 1.165) is 12.5 Å². The number of halogens is 1. The lowest BCUT2D eigenvalue weighted by Crippen LogP contribution is -2.32. The Morgan fingerprint density at radius 3 is 2.89 bits per heavy atom. The maximum absolute atomic E-state index is 12.1. The summed E-state index contributed by atoms with van der Waals surface area (Å²) in [7, 11) is 0. The minimum Gasteiger partial charge on any atom is -0.341 e. The van der Waals surface area contributed by atoms with Gasteiger partial charge in [0.1, 0.15) is 5.82 Å². The van der Waals surface area contributed by atoms with E-state index in [-0.39, 0.29) is 17.2 Å². The molecule has 2 atom stereocenters. The van der Waals surface area contributed by atoms with Crippen molar-refractivity contribution in [1.82, 2.24) is 20.1 Å². The normalized spacial score (nSPS) is 26.9. The second kappa shape index (κ2) is 5.09. The summed E-state index contributed by atoms with van der Waals surface area (Å²) in [5.74, 6) is 2.05. The number of likely N-dealkylation sites (tertiary alicyclic amines) is 1. The lowest BCUT2D eigenvalue weighted by Gasteiger charge is -2.15. The molecule has 0 aromatic carbocycles. The lowest BCUT2D eigenvalue weighted by molar-refractivity contribution is -0.130. The van der Waals surface area contributed by atoms with Gasteiger partial charge in [-0.25, -0.2) is 4.98 Å². The molecule has 7 heteroatoms. The standard InChI is InChI=1S/C12H18ClN5O/c13-12-15-10(16-17-12)3-4-11(19)18-5-8(7-1-2-7)9(14)6-18/h7-9H,1-6,14H2,(H,15,16,17)/t8-,9+/m1/s1. The molecule has 1 aromatic heterocycles. The van der Waals surface area contributed by atoms with Crippen LogP contribution < -0.4 is 5.73 Å². The van der Waals surface area contributed by atoms with Gasteiger partial charge < -0.3 is 10.6 Å². The third-order valence-electron chi connectivity index (χ3n) is 4.07. The van der Waals surface area contributed by atoms with Gasteiger partial charge >= 0.3 is 0 Å². The number of hydrogen-bond acceptors (Lipinski definition) is 4. The largest absolute Gasteiger partial charge is 0.341 e. The fraction of sp³-hybridized carbons (Fsp3) is 0.750. The molecule has 2 aliphatic rings. The number of amides is 1. The molecule has 3 N–H and O–H groups in total. The minimum absolute atomic E-state index is 0.145. The zero-order chi connectivity index (χ0) is 13.4. The molecule has 19 heavy (non-hydrogen) atoms. The predicted octanol–water partition coefficient (Wildman–Crippen LogP) is 0.586. The highest BCUT2D eigenvalue weighted by molar-refractivity contribution is 6.28. The van der Waals surface area contributed by atoms with Gasteiger partial charge in [0.25, 0.3) is 0 Å². The van der Waals surface area contributed by atoms with Gasteiger partial charge in [-0.1, -0.05) is 0 Å². The number of rotatable bonds is 4. The molecule has 104 valence electrons. The smallest absolute Gasteiger partial charge is 0.242 e. The molecule has 0 spiro atoms. The average molecular weight is 284 g/mol. The second-order valence-corrected chi connectivity index (χ2v) is 5.85. The molecule has 1 aliphatic heterocycles. The average Bonchev–Trinajstić information content (AvgIpc) is 3.03. The van der Waals surface area contributed by atoms with E-state index in [1.807, 2.05) is 4.90 Å². The van der Waals surface area contributed by atoms with Crippen molar-refractivity contribution in [2.75, 3.05) is 13.1 Å². The van der Waals surface area contributed by atoms with Gasteiger partial charge in [0, 0.05) is 32.0 Å². The van der Waals surface area contributed by atoms with Crippen LogP contribution in [0.15, 0.2) is 0 Å². The molecule has 2 fully saturated rings. The van der Waals surface area contributed by atoms with Crippen LogP contribution in [-0.4, -0.2) is 45.1 Å². The van der Waals surface area contributed by atoms with Crippen molar-refractivity contribution in [3.63, 3.8) is 0 Å². The third kappa shape index (κ3) is 2.90. The summed E-state index contributed by atoms with van der Waals surface area (Å²) in [6.07, 6.45) is 3.52. The topological polar surface area (TPSA) is 87.9 Å². The number of nitrogens with one attached hydrogen (secondary N) is 1. The van der Waals surface area contributed by atoms with Crippen LogP contribution in [0.4, 0.5) is 0 Å². The molecule has 0 radical (unpaired) electrons. The van der Waals surface area contributed by atoms with E-state index in [1.165, 1.54) is 12.8 Å². The Kier molecular flexibility index (Phi) is 3.45. The number of H-pyrrole nitrogens is 1. The highest BCUT2D eigenvalue weighted by Crippen LogP contribution is 2.40. The SMILES string of the molecule is N[C@H]1CN(C(=O)CCc2nc(Cl)n[nH]2)C[C@@H]1C1CC1. The molecule has 1 saturated heterocycles. The molecule has 1 amide bonds. The Balaban J connectivity index is 1.50. The first-order chi connectivity index (χ1) is 9.13. The Bertz CT molecular complexity index is 472. The number of nitrogens with two attached hydrogens (primary N) is 1. The first-order valence-corrected chi connectivity index (χ1v) is 7.11. The molecule has 6 nitrogen and oxygen atoms in total. The highest BCUT2D eigenvalue weighted by atomic mass is 35.5. The van der Waals surface area contributed by atoms with Crippen LogP contribution in [-0.2, 0) is 11.2 Å². The van der Waals surface area contributed by atoms with Crippen LogP contribution in [0.5, 0.6) is 0 Å². The maximum Gasteiger partial charge on any atom is 0.242 e. The van der Waals surface area contributed by atoms with Gasteiger partial charge in [-0.05, 0) is 36.3 Å². The summed E-state index contributed by atoms with van der Waals surface area (Å²) in [5.41, 5.74) is 6.12. The van der Waals surface area contributed by atoms with Crippen LogP contribution in [0, 0.1) is 11.8 Å². The van der Waals surface area contributed by atoms with E-state index >= 15 is 0 Å². The van der Waals surface area contributed by atoms with Gasteiger partial charge in [-0.3, -0.25) is 9.89 Å². The zero-order valence-corrected chi connectivity index (χ0v) is 11.4. The van der Waals surface area contributed by atoms with E-state index < -0.39 is 0 Å². The van der Waals surface area contributed by atoms with Crippen LogP contribution in [0.2, 0.25) is 5.28 Å². The van der Waals surface area contributed by atoms with Crippen molar-refractivity contribution in [1.29, 1.82) is 0 Å². The second-order valence-electron chi connectivity index (χ2n) is 5.51. The molecular weight excluding hydrogens is 266 g/mol. The fourth-order valence-electron chi connectivity index (χ4n) is 2.85. The number of carbonyl (C=O) groups is 1. The number of aromatic nitrogens is 3. The summed E-state index contributed by atoms with van der Waals surface area (Å²) in [5, 5.41) is 6.63. The van der Waals surface area contributed by atoms with Gasteiger partial charge in [0.05, 0.1) is 0 Å². The van der Waals surface area contributed by atoms with Crippen LogP contribution >= 0.6 is 11.6 Å².